The molecule has 1 saturated carbocycles. The highest BCUT2D eigenvalue weighted by molar-refractivity contribution is 9.10. The minimum atomic E-state index is -0.0279. The molecule has 0 aromatic carbocycles. The monoisotopic (exact) mass is 312 g/mol. The van der Waals surface area contributed by atoms with Gasteiger partial charge in [0.1, 0.15) is 4.47 Å². The molecular formula is C12H17BrN4O. The smallest absolute Gasteiger partial charge is 0.283 e. The quantitative estimate of drug-likeness (QED) is 0.902. The third-order valence-electron chi connectivity index (χ3n) is 3.66. The van der Waals surface area contributed by atoms with Crippen LogP contribution in [0.5, 0.6) is 0 Å². The number of halogens is 1. The van der Waals surface area contributed by atoms with Gasteiger partial charge in [0.15, 0.2) is 0 Å². The lowest BCUT2D eigenvalue weighted by Crippen LogP contribution is -2.30. The van der Waals surface area contributed by atoms with Gasteiger partial charge in [-0.25, -0.2) is 4.68 Å². The Balaban J connectivity index is 1.87. The van der Waals surface area contributed by atoms with Crippen LogP contribution in [-0.4, -0.2) is 28.9 Å². The molecule has 2 aliphatic rings. The van der Waals surface area contributed by atoms with E-state index in [0.29, 0.717) is 10.4 Å². The fraction of sp³-hybridized carbons (Fsp3) is 0.667. The number of aromatic nitrogens is 2. The second-order valence-electron chi connectivity index (χ2n) is 5.27. The van der Waals surface area contributed by atoms with Crippen LogP contribution < -0.4 is 16.2 Å². The van der Waals surface area contributed by atoms with E-state index in [1.165, 1.54) is 12.8 Å². The Morgan fingerprint density at radius 3 is 2.83 bits per heavy atom. The number of nitrogens with two attached hydrogens (primary N) is 1. The van der Waals surface area contributed by atoms with Crippen LogP contribution in [0.4, 0.5) is 5.69 Å². The third kappa shape index (κ3) is 2.31. The predicted octanol–water partition coefficient (Wildman–Crippen LogP) is 0.953. The highest BCUT2D eigenvalue weighted by Gasteiger charge is 2.25. The van der Waals surface area contributed by atoms with Crippen molar-refractivity contribution in [3.63, 3.8) is 0 Å². The van der Waals surface area contributed by atoms with E-state index in [1.807, 2.05) is 0 Å². The molecule has 1 saturated heterocycles. The van der Waals surface area contributed by atoms with Crippen LogP contribution in [0.3, 0.4) is 0 Å². The Morgan fingerprint density at radius 2 is 2.22 bits per heavy atom. The van der Waals surface area contributed by atoms with Crippen LogP contribution in [0.25, 0.3) is 0 Å². The van der Waals surface area contributed by atoms with E-state index in [-0.39, 0.29) is 11.6 Å². The molecule has 2 fully saturated rings. The highest BCUT2D eigenvalue weighted by atomic mass is 79.9. The summed E-state index contributed by atoms with van der Waals surface area (Å²) >= 11 is 3.42. The van der Waals surface area contributed by atoms with Gasteiger partial charge in [0.25, 0.3) is 5.56 Å². The molecule has 2 N–H and O–H groups in total. The molecule has 98 valence electrons. The Kier molecular flexibility index (Phi) is 3.15. The summed E-state index contributed by atoms with van der Waals surface area (Å²) in [5, 5.41) is 4.28. The van der Waals surface area contributed by atoms with Crippen molar-refractivity contribution in [3.8, 4) is 0 Å². The first kappa shape index (κ1) is 12.2. The molecule has 3 rings (SSSR count). The van der Waals surface area contributed by atoms with Gasteiger partial charge in [-0.15, -0.1) is 0 Å². The summed E-state index contributed by atoms with van der Waals surface area (Å²) in [6, 6.07) is 0.200. The van der Waals surface area contributed by atoms with Crippen LogP contribution in [0.2, 0.25) is 0 Å². The van der Waals surface area contributed by atoms with Crippen molar-refractivity contribution in [2.75, 3.05) is 18.0 Å². The van der Waals surface area contributed by atoms with Crippen molar-refractivity contribution >= 4 is 21.6 Å². The molecule has 2 heterocycles. The van der Waals surface area contributed by atoms with E-state index in [0.717, 1.165) is 31.7 Å². The summed E-state index contributed by atoms with van der Waals surface area (Å²) in [4.78, 5) is 14.3. The van der Waals surface area contributed by atoms with Crippen molar-refractivity contribution in [1.82, 2.24) is 9.78 Å². The number of hydrogen-bond donors (Lipinski definition) is 1. The molecule has 1 atom stereocenters. The van der Waals surface area contributed by atoms with Crippen molar-refractivity contribution < 1.29 is 0 Å². The molecule has 1 aromatic heterocycles. The molecule has 1 aliphatic heterocycles. The fourth-order valence-electron chi connectivity index (χ4n) is 2.36. The molecule has 18 heavy (non-hydrogen) atoms. The molecule has 1 aliphatic carbocycles. The Bertz CT molecular complexity index is 511. The topological polar surface area (TPSA) is 64.2 Å². The summed E-state index contributed by atoms with van der Waals surface area (Å²) in [5.41, 5.74) is 6.74. The van der Waals surface area contributed by atoms with Crippen molar-refractivity contribution in [3.05, 3.63) is 21.0 Å². The summed E-state index contributed by atoms with van der Waals surface area (Å²) < 4.78 is 2.19. The first-order chi connectivity index (χ1) is 8.65. The van der Waals surface area contributed by atoms with Crippen LogP contribution in [0, 0.1) is 5.92 Å². The van der Waals surface area contributed by atoms with E-state index < -0.39 is 0 Å². The summed E-state index contributed by atoms with van der Waals surface area (Å²) in [6.45, 7) is 2.44. The summed E-state index contributed by atoms with van der Waals surface area (Å²) in [7, 11) is 0. The van der Waals surface area contributed by atoms with Gasteiger partial charge in [0, 0.05) is 25.7 Å². The number of hydrogen-bond acceptors (Lipinski definition) is 4. The molecular weight excluding hydrogens is 296 g/mol. The van der Waals surface area contributed by atoms with Gasteiger partial charge >= 0.3 is 0 Å². The number of anilines is 1. The van der Waals surface area contributed by atoms with Gasteiger partial charge < -0.3 is 10.6 Å². The van der Waals surface area contributed by atoms with Crippen molar-refractivity contribution in [1.29, 1.82) is 0 Å². The maximum absolute atomic E-state index is 12.2. The van der Waals surface area contributed by atoms with Crippen LogP contribution in [0.15, 0.2) is 15.5 Å². The van der Waals surface area contributed by atoms with Gasteiger partial charge in [-0.2, -0.15) is 5.10 Å². The first-order valence-electron chi connectivity index (χ1n) is 6.41. The zero-order valence-electron chi connectivity index (χ0n) is 10.2. The van der Waals surface area contributed by atoms with Crippen LogP contribution in [-0.2, 0) is 6.54 Å². The standard InChI is InChI=1S/C12H17BrN4O/c13-11-10(16-4-3-9(14)7-16)5-15-17(12(11)18)6-8-1-2-8/h5,8-9H,1-4,6-7,14H2. The van der Waals surface area contributed by atoms with Crippen molar-refractivity contribution in [2.24, 2.45) is 11.7 Å². The van der Waals surface area contributed by atoms with E-state index >= 15 is 0 Å². The normalized spacial score (nSPS) is 23.7. The van der Waals surface area contributed by atoms with Crippen LogP contribution in [0.1, 0.15) is 19.3 Å². The minimum Gasteiger partial charge on any atom is -0.368 e. The maximum Gasteiger partial charge on any atom is 0.283 e. The van der Waals surface area contributed by atoms with Gasteiger partial charge in [-0.05, 0) is 41.1 Å². The molecule has 6 heteroatoms. The SMILES string of the molecule is NC1CCN(c2cnn(CC3CC3)c(=O)c2Br)C1. The minimum absolute atomic E-state index is 0.0279. The largest absolute Gasteiger partial charge is 0.368 e. The number of rotatable bonds is 3. The zero-order chi connectivity index (χ0) is 12.7. The third-order valence-corrected chi connectivity index (χ3v) is 4.41. The maximum atomic E-state index is 12.2. The fourth-order valence-corrected chi connectivity index (χ4v) is 2.92. The average Bonchev–Trinajstić information content (AvgIpc) is 3.06. The van der Waals surface area contributed by atoms with E-state index in [2.05, 4.69) is 25.9 Å². The lowest BCUT2D eigenvalue weighted by Gasteiger charge is -2.19. The van der Waals surface area contributed by atoms with Crippen LogP contribution >= 0.6 is 15.9 Å². The molecule has 0 amide bonds. The molecule has 0 radical (unpaired) electrons. The molecule has 0 spiro atoms. The average molecular weight is 313 g/mol. The summed E-state index contributed by atoms with van der Waals surface area (Å²) in [6.07, 6.45) is 5.19. The second kappa shape index (κ2) is 4.66. The van der Waals surface area contributed by atoms with Gasteiger partial charge in [-0.3, -0.25) is 4.79 Å². The summed E-state index contributed by atoms with van der Waals surface area (Å²) in [5.74, 6) is 0.646. The second-order valence-corrected chi connectivity index (χ2v) is 6.06. The lowest BCUT2D eigenvalue weighted by atomic mass is 10.3. The molecule has 1 unspecified atom stereocenters. The Labute approximate surface area is 114 Å². The molecule has 0 bridgehead atoms. The van der Waals surface area contributed by atoms with E-state index in [1.54, 1.807) is 10.9 Å². The van der Waals surface area contributed by atoms with Gasteiger partial charge in [0.2, 0.25) is 0 Å². The van der Waals surface area contributed by atoms with Gasteiger partial charge in [-0.1, -0.05) is 0 Å². The zero-order valence-corrected chi connectivity index (χ0v) is 11.8. The highest BCUT2D eigenvalue weighted by Crippen LogP contribution is 2.30. The first-order valence-corrected chi connectivity index (χ1v) is 7.20. The number of nitrogens with zero attached hydrogens (tertiary/aromatic N) is 3. The van der Waals surface area contributed by atoms with Crippen molar-refractivity contribution in [2.45, 2.75) is 31.8 Å². The lowest BCUT2D eigenvalue weighted by molar-refractivity contribution is 0.531. The van der Waals surface area contributed by atoms with E-state index in [9.17, 15) is 4.79 Å². The Hall–Kier alpha value is -0.880. The predicted molar refractivity (Wildman–Crippen MR) is 73.7 cm³/mol. The van der Waals surface area contributed by atoms with E-state index in [4.69, 9.17) is 5.73 Å². The molecule has 5 nitrogen and oxygen atoms in total. The van der Waals surface area contributed by atoms with Gasteiger partial charge in [0.05, 0.1) is 11.9 Å². The Morgan fingerprint density at radius 1 is 1.44 bits per heavy atom. The molecule has 1 aromatic rings.